The number of primary amides is 1. The number of rotatable bonds is 9. The molecule has 1 amide bonds. The van der Waals surface area contributed by atoms with Gasteiger partial charge in [-0.1, -0.05) is 12.1 Å². The maximum Gasteiger partial charge on any atom is 0.204 e. The number of hydrogen-bond acceptors (Lipinski definition) is 8. The lowest BCUT2D eigenvalue weighted by atomic mass is 9.98. The number of nitrogens with two attached hydrogens (primary N) is 1. The lowest BCUT2D eigenvalue weighted by Crippen LogP contribution is -2.47. The number of hydrazine groups is 1. The number of nitrogens with one attached hydrogen (secondary N) is 2. The van der Waals surface area contributed by atoms with Gasteiger partial charge in [0.15, 0.2) is 6.29 Å². The van der Waals surface area contributed by atoms with Gasteiger partial charge in [-0.3, -0.25) is 19.6 Å². The van der Waals surface area contributed by atoms with Crippen molar-refractivity contribution in [3.63, 3.8) is 0 Å². The predicted octanol–water partition coefficient (Wildman–Crippen LogP) is 3.15. The van der Waals surface area contributed by atoms with E-state index >= 15 is 4.39 Å². The van der Waals surface area contributed by atoms with E-state index in [0.717, 1.165) is 68.9 Å². The van der Waals surface area contributed by atoms with Gasteiger partial charge >= 0.3 is 0 Å². The van der Waals surface area contributed by atoms with Crippen molar-refractivity contribution in [3.8, 4) is 28.3 Å². The fourth-order valence-corrected chi connectivity index (χ4v) is 5.07. The number of aromatic amines is 1. The van der Waals surface area contributed by atoms with Crippen molar-refractivity contribution in [2.45, 2.75) is 19.8 Å². The second kappa shape index (κ2) is 14.0. The summed E-state index contributed by atoms with van der Waals surface area (Å²) in [5.74, 6) is 0.0190. The number of carbonyl (C=O) groups is 2. The molecular weight excluding hydrogens is 513 g/mol. The van der Waals surface area contributed by atoms with Crippen molar-refractivity contribution in [3.05, 3.63) is 53.3 Å². The molecule has 2 aliphatic heterocycles. The number of halogens is 1. The van der Waals surface area contributed by atoms with Crippen LogP contribution in [0.15, 0.2) is 36.4 Å². The minimum Gasteiger partial charge on any atom is -0.492 e. The van der Waals surface area contributed by atoms with Crippen molar-refractivity contribution in [2.24, 2.45) is 5.73 Å². The van der Waals surface area contributed by atoms with Crippen molar-refractivity contribution >= 4 is 18.4 Å². The third-order valence-corrected chi connectivity index (χ3v) is 7.38. The van der Waals surface area contributed by atoms with E-state index in [1.807, 2.05) is 25.1 Å². The zero-order chi connectivity index (χ0) is 28.5. The number of likely N-dealkylation sites (tertiary alicyclic amines) is 1. The Balaban J connectivity index is 0.00000118. The molecule has 0 unspecified atom stereocenters. The second-order valence-electron chi connectivity index (χ2n) is 10.0. The first-order chi connectivity index (χ1) is 19.4. The number of H-pyrrole nitrogens is 1. The molecular formula is C29H38FN7O3. The summed E-state index contributed by atoms with van der Waals surface area (Å²) in [6, 6.07) is 10.7. The van der Waals surface area contributed by atoms with E-state index in [9.17, 15) is 4.79 Å². The Kier molecular flexibility index (Phi) is 10.2. The number of anilines is 1. The van der Waals surface area contributed by atoms with Crippen LogP contribution in [0.4, 0.5) is 10.1 Å². The summed E-state index contributed by atoms with van der Waals surface area (Å²) in [6.45, 7) is 9.39. The average molecular weight is 552 g/mol. The van der Waals surface area contributed by atoms with Gasteiger partial charge < -0.3 is 20.8 Å². The molecule has 10 nitrogen and oxygen atoms in total. The number of benzene rings is 2. The molecule has 0 radical (unpaired) electrons. The molecule has 11 heteroatoms. The summed E-state index contributed by atoms with van der Waals surface area (Å²) in [4.78, 5) is 25.4. The number of hydrogen-bond donors (Lipinski definition) is 3. The zero-order valence-corrected chi connectivity index (χ0v) is 23.2. The lowest BCUT2D eigenvalue weighted by Gasteiger charge is -2.33. The van der Waals surface area contributed by atoms with E-state index in [2.05, 4.69) is 43.2 Å². The monoisotopic (exact) mass is 551 g/mol. The molecule has 2 aliphatic rings. The van der Waals surface area contributed by atoms with Crippen LogP contribution in [0, 0.1) is 12.7 Å². The minimum absolute atomic E-state index is 0.250. The molecule has 0 atom stereocenters. The van der Waals surface area contributed by atoms with E-state index in [0.29, 0.717) is 29.3 Å². The van der Waals surface area contributed by atoms with Gasteiger partial charge in [-0.2, -0.15) is 5.10 Å². The van der Waals surface area contributed by atoms with Crippen LogP contribution in [0.2, 0.25) is 0 Å². The smallest absolute Gasteiger partial charge is 0.204 e. The molecule has 3 aromatic rings. The first-order valence-electron chi connectivity index (χ1n) is 13.6. The molecule has 0 spiro atoms. The Morgan fingerprint density at radius 3 is 2.48 bits per heavy atom. The second-order valence-corrected chi connectivity index (χ2v) is 10.0. The molecule has 1 aromatic heterocycles. The van der Waals surface area contributed by atoms with Crippen LogP contribution >= 0.6 is 0 Å². The fraction of sp³-hybridized carbons (Fsp3) is 0.414. The lowest BCUT2D eigenvalue weighted by molar-refractivity contribution is -0.106. The highest BCUT2D eigenvalue weighted by Gasteiger charge is 2.22. The largest absolute Gasteiger partial charge is 0.492 e. The van der Waals surface area contributed by atoms with E-state index in [1.165, 1.54) is 18.9 Å². The standard InChI is InChI=1S/C28H35FN6O2.CH3NO/c1-20-22(6-5-7-26(20)32-35-14-12-33(2)13-15-35)27-24(19-36)28(31-30-27)23-9-8-21(18-25(23)29)37-17-16-34-10-3-4-11-34;2-1-3/h5-9,18-19,32H,3-4,10-17H2,1-2H3,(H,30,31);1H,(H2,2,3). The number of nitrogens with zero attached hydrogens (tertiary/aromatic N) is 4. The first kappa shape index (κ1) is 29.2. The SMILES string of the molecule is Cc1c(NN2CCN(C)CC2)cccc1-c1n[nH]c(-c2ccc(OCCN3CCCC3)cc2F)c1C=O.NC=O. The molecule has 214 valence electrons. The summed E-state index contributed by atoms with van der Waals surface area (Å²) < 4.78 is 20.9. The number of ether oxygens (including phenoxy) is 1. The molecule has 3 heterocycles. The third kappa shape index (κ3) is 7.04. The van der Waals surface area contributed by atoms with Crippen LogP contribution in [0.25, 0.3) is 22.5 Å². The normalized spacial score (nSPS) is 16.3. The van der Waals surface area contributed by atoms with Crippen LogP contribution in [-0.2, 0) is 4.79 Å². The molecule has 4 N–H and O–H groups in total. The Morgan fingerprint density at radius 2 is 1.80 bits per heavy atom. The molecule has 40 heavy (non-hydrogen) atoms. The summed E-state index contributed by atoms with van der Waals surface area (Å²) in [5.41, 5.74) is 11.9. The van der Waals surface area contributed by atoms with Gasteiger partial charge in [0, 0.05) is 49.9 Å². The summed E-state index contributed by atoms with van der Waals surface area (Å²) in [6.07, 6.45) is 3.45. The number of aldehydes is 1. The van der Waals surface area contributed by atoms with Gasteiger partial charge in [-0.15, -0.1) is 0 Å². The average Bonchev–Trinajstić information content (AvgIpc) is 3.62. The van der Waals surface area contributed by atoms with E-state index < -0.39 is 5.82 Å². The summed E-state index contributed by atoms with van der Waals surface area (Å²) in [7, 11) is 2.12. The van der Waals surface area contributed by atoms with Crippen molar-refractivity contribution in [2.75, 3.05) is 64.9 Å². The molecule has 0 saturated carbocycles. The van der Waals surface area contributed by atoms with Crippen LogP contribution in [-0.4, -0.2) is 97.2 Å². The van der Waals surface area contributed by atoms with E-state index in [-0.39, 0.29) is 12.0 Å². The summed E-state index contributed by atoms with van der Waals surface area (Å²) >= 11 is 0. The van der Waals surface area contributed by atoms with Crippen LogP contribution < -0.4 is 15.9 Å². The van der Waals surface area contributed by atoms with Crippen molar-refractivity contribution in [1.82, 2.24) is 25.0 Å². The third-order valence-electron chi connectivity index (χ3n) is 7.38. The molecule has 2 aromatic carbocycles. The number of amides is 1. The molecule has 0 aliphatic carbocycles. The Bertz CT molecular complexity index is 1280. The molecule has 5 rings (SSSR count). The molecule has 2 saturated heterocycles. The Hall–Kier alpha value is -3.80. The van der Waals surface area contributed by atoms with Crippen LogP contribution in [0.1, 0.15) is 28.8 Å². The van der Waals surface area contributed by atoms with Gasteiger partial charge in [-0.05, 0) is 63.7 Å². The van der Waals surface area contributed by atoms with Crippen LogP contribution in [0.5, 0.6) is 5.75 Å². The van der Waals surface area contributed by atoms with Crippen LogP contribution in [0.3, 0.4) is 0 Å². The van der Waals surface area contributed by atoms with Gasteiger partial charge in [0.1, 0.15) is 23.9 Å². The predicted molar refractivity (Wildman–Crippen MR) is 154 cm³/mol. The fourth-order valence-electron chi connectivity index (χ4n) is 5.07. The number of aromatic nitrogens is 2. The highest BCUT2D eigenvalue weighted by atomic mass is 19.1. The van der Waals surface area contributed by atoms with Gasteiger partial charge in [-0.25, -0.2) is 9.40 Å². The van der Waals surface area contributed by atoms with Gasteiger partial charge in [0.05, 0.1) is 16.9 Å². The Morgan fingerprint density at radius 1 is 1.07 bits per heavy atom. The Labute approximate surface area is 234 Å². The quantitative estimate of drug-likeness (QED) is 0.347. The minimum atomic E-state index is -0.459. The van der Waals surface area contributed by atoms with Gasteiger partial charge in [0.25, 0.3) is 0 Å². The van der Waals surface area contributed by atoms with Gasteiger partial charge in [0.2, 0.25) is 6.41 Å². The maximum atomic E-state index is 15.2. The number of likely N-dealkylation sites (N-methyl/N-ethyl adjacent to an activating group) is 1. The molecule has 0 bridgehead atoms. The topological polar surface area (TPSA) is 120 Å². The maximum absolute atomic E-state index is 15.2. The highest BCUT2D eigenvalue weighted by molar-refractivity contribution is 5.95. The highest BCUT2D eigenvalue weighted by Crippen LogP contribution is 2.35. The number of piperazine rings is 1. The van der Waals surface area contributed by atoms with E-state index in [4.69, 9.17) is 9.53 Å². The van der Waals surface area contributed by atoms with Crippen molar-refractivity contribution in [1.29, 1.82) is 0 Å². The molecule has 2 fully saturated rings. The first-order valence-corrected chi connectivity index (χ1v) is 13.6. The summed E-state index contributed by atoms with van der Waals surface area (Å²) in [5, 5.41) is 9.55. The zero-order valence-electron chi connectivity index (χ0n) is 23.2. The van der Waals surface area contributed by atoms with Crippen molar-refractivity contribution < 1.29 is 18.7 Å². The van der Waals surface area contributed by atoms with E-state index in [1.54, 1.807) is 12.1 Å². The number of carbonyl (C=O) groups excluding carboxylic acids is 2.